The molecule has 0 amide bonds. The molecule has 29 heteroatoms. The van der Waals surface area contributed by atoms with Crippen molar-refractivity contribution in [1.82, 2.24) is 0 Å². The van der Waals surface area contributed by atoms with Gasteiger partial charge in [0, 0.05) is 0 Å². The molecule has 6 saturated heterocycles. The van der Waals surface area contributed by atoms with Crippen LogP contribution in [0.2, 0.25) is 0 Å². The largest absolute Gasteiger partial charge is 0.394 e. The minimum atomic E-state index is -2.02. The average Bonchev–Trinajstić information content (AvgIpc) is 3.28. The maximum absolute atomic E-state index is 11.3. The first-order chi connectivity index (χ1) is 30.6. The summed E-state index contributed by atoms with van der Waals surface area (Å²) in [5, 5.41) is 189. The molecule has 30 atom stereocenters. The van der Waals surface area contributed by atoms with Crippen molar-refractivity contribution < 1.29 is 144 Å². The molecule has 0 aliphatic carbocycles. The number of hydrogen-bond acceptors (Lipinski definition) is 29. The molecule has 0 aromatic heterocycles. The molecule has 0 aromatic rings. The third-order valence-corrected chi connectivity index (χ3v) is 12.3. The van der Waals surface area contributed by atoms with Gasteiger partial charge in [-0.2, -0.15) is 0 Å². The molecule has 29 nitrogen and oxygen atoms in total. The molecule has 0 radical (unpaired) electrons. The fourth-order valence-corrected chi connectivity index (χ4v) is 8.35. The average molecular weight is 959 g/mol. The zero-order chi connectivity index (χ0) is 47.9. The van der Waals surface area contributed by atoms with Crippen molar-refractivity contribution in [3.63, 3.8) is 0 Å². The summed E-state index contributed by atoms with van der Waals surface area (Å²) in [6, 6.07) is 0. The molecule has 0 bridgehead atoms. The van der Waals surface area contributed by atoms with Crippen LogP contribution in [0.15, 0.2) is 0 Å². The molecule has 0 aromatic carbocycles. The summed E-state index contributed by atoms with van der Waals surface area (Å²) in [7, 11) is 0. The highest BCUT2D eigenvalue weighted by molar-refractivity contribution is 4.98. The van der Waals surface area contributed by atoms with Crippen LogP contribution in [0.3, 0.4) is 0 Å². The van der Waals surface area contributed by atoms with Gasteiger partial charge in [0.1, 0.15) is 134 Å². The Morgan fingerprint density at radius 1 is 0.308 bits per heavy atom. The molecule has 6 aliphatic heterocycles. The van der Waals surface area contributed by atoms with Crippen LogP contribution in [0.25, 0.3) is 0 Å². The third-order valence-electron chi connectivity index (χ3n) is 12.3. The number of aliphatic hydroxyl groups excluding tert-OH is 18. The van der Waals surface area contributed by atoms with Crippen molar-refractivity contribution in [2.75, 3.05) is 26.4 Å². The van der Waals surface area contributed by atoms with Crippen LogP contribution < -0.4 is 0 Å². The van der Waals surface area contributed by atoms with E-state index in [-0.39, 0.29) is 0 Å². The van der Waals surface area contributed by atoms with E-state index < -0.39 is 211 Å². The zero-order valence-corrected chi connectivity index (χ0v) is 34.7. The van der Waals surface area contributed by atoms with Crippen molar-refractivity contribution in [3.05, 3.63) is 0 Å². The van der Waals surface area contributed by atoms with Crippen LogP contribution in [0.4, 0.5) is 0 Å². The van der Waals surface area contributed by atoms with Crippen LogP contribution in [0.1, 0.15) is 13.8 Å². The van der Waals surface area contributed by atoms with Gasteiger partial charge in [0.15, 0.2) is 37.7 Å². The summed E-state index contributed by atoms with van der Waals surface area (Å²) >= 11 is 0. The first-order valence-electron chi connectivity index (χ1n) is 20.8. The second-order valence-corrected chi connectivity index (χ2v) is 16.8. The molecular weight excluding hydrogens is 896 g/mol. The van der Waals surface area contributed by atoms with E-state index in [0.29, 0.717) is 0 Å². The van der Waals surface area contributed by atoms with Crippen LogP contribution in [-0.4, -0.2) is 303 Å². The monoisotopic (exact) mass is 958 g/mol. The second-order valence-electron chi connectivity index (χ2n) is 16.8. The molecule has 6 heterocycles. The Bertz CT molecular complexity index is 1470. The van der Waals surface area contributed by atoms with Gasteiger partial charge in [-0.25, -0.2) is 0 Å². The normalized spacial score (nSPS) is 54.6. The fourth-order valence-electron chi connectivity index (χ4n) is 8.35. The van der Waals surface area contributed by atoms with Gasteiger partial charge < -0.3 is 144 Å². The summed E-state index contributed by atoms with van der Waals surface area (Å²) in [6.45, 7) is -0.606. The van der Waals surface area contributed by atoms with E-state index in [4.69, 9.17) is 52.1 Å². The highest BCUT2D eigenvalue weighted by Crippen LogP contribution is 2.35. The smallest absolute Gasteiger partial charge is 0.187 e. The molecule has 18 N–H and O–H groups in total. The highest BCUT2D eigenvalue weighted by atomic mass is 16.8. The highest BCUT2D eigenvalue weighted by Gasteiger charge is 2.56. The topological polar surface area (TPSA) is 466 Å². The van der Waals surface area contributed by atoms with E-state index in [1.165, 1.54) is 13.8 Å². The van der Waals surface area contributed by atoms with E-state index in [1.54, 1.807) is 0 Å². The molecule has 380 valence electrons. The van der Waals surface area contributed by atoms with E-state index in [1.807, 2.05) is 0 Å². The Morgan fingerprint density at radius 3 is 1.11 bits per heavy atom. The molecule has 0 spiro atoms. The number of rotatable bonds is 14. The molecule has 6 fully saturated rings. The fraction of sp³-hybridized carbons (Fsp3) is 1.00. The Balaban J connectivity index is 1.06. The second kappa shape index (κ2) is 22.3. The van der Waals surface area contributed by atoms with Crippen LogP contribution in [0.5, 0.6) is 0 Å². The van der Waals surface area contributed by atoms with Crippen molar-refractivity contribution in [2.45, 2.75) is 198 Å². The zero-order valence-electron chi connectivity index (χ0n) is 34.7. The summed E-state index contributed by atoms with van der Waals surface area (Å²) in [4.78, 5) is 0. The Hall–Kier alpha value is -1.16. The molecule has 0 saturated carbocycles. The predicted molar refractivity (Wildman–Crippen MR) is 196 cm³/mol. The Kier molecular flexibility index (Phi) is 18.2. The van der Waals surface area contributed by atoms with E-state index in [0.717, 1.165) is 0 Å². The lowest BCUT2D eigenvalue weighted by molar-refractivity contribution is -0.383. The van der Waals surface area contributed by atoms with Gasteiger partial charge >= 0.3 is 0 Å². The molecule has 6 aliphatic rings. The first-order valence-corrected chi connectivity index (χ1v) is 20.8. The number of hydrogen-bond donors (Lipinski definition) is 18. The maximum Gasteiger partial charge on any atom is 0.187 e. The lowest BCUT2D eigenvalue weighted by Crippen LogP contribution is -2.66. The quantitative estimate of drug-likeness (QED) is 0.0768. The Labute approximate surface area is 368 Å². The minimum Gasteiger partial charge on any atom is -0.394 e. The maximum atomic E-state index is 11.3. The van der Waals surface area contributed by atoms with Gasteiger partial charge in [-0.05, 0) is 13.8 Å². The van der Waals surface area contributed by atoms with Gasteiger partial charge in [0.05, 0.1) is 38.6 Å². The summed E-state index contributed by atoms with van der Waals surface area (Å²) < 4.78 is 60.8. The summed E-state index contributed by atoms with van der Waals surface area (Å²) in [5.41, 5.74) is 0. The van der Waals surface area contributed by atoms with Gasteiger partial charge in [0.2, 0.25) is 0 Å². The number of aliphatic hydroxyl groups is 18. The van der Waals surface area contributed by atoms with Crippen LogP contribution in [0, 0.1) is 0 Å². The lowest BCUT2D eigenvalue weighted by Gasteiger charge is -2.48. The standard InChI is InChI=1S/C36H62O29/c1-7-27(62-35-21(48)17(44)13(40)9(3-37)60-35)20(47)24(51)34(57-7)65-30-16(43)11(5-39)59-32(26(30)53)55-6-12-14(41)18(45)22(49)36(61-12)63-28-8(2)56-33(23(50)19(28)46)64-29-15(42)10(4-38)58-31(54)25(29)52/h7-54H,3-6H2,1-2H3/t7-,8-,9+,10+,11+,12+,13+,14+,15-,16-,17-,18-,19-,20-,21-,22-,23+,24+,25+,26+,27-,28-,29-,30-,31-,32+,33-,34-,35-,36-/m0/s1. The van der Waals surface area contributed by atoms with E-state index in [9.17, 15) is 91.9 Å². The number of ether oxygens (including phenoxy) is 11. The van der Waals surface area contributed by atoms with Crippen molar-refractivity contribution >= 4 is 0 Å². The predicted octanol–water partition coefficient (Wildman–Crippen LogP) is -12.0. The van der Waals surface area contributed by atoms with Crippen LogP contribution in [-0.2, 0) is 52.1 Å². The van der Waals surface area contributed by atoms with Gasteiger partial charge in [0.25, 0.3) is 0 Å². The van der Waals surface area contributed by atoms with Gasteiger partial charge in [-0.15, -0.1) is 0 Å². The van der Waals surface area contributed by atoms with E-state index in [2.05, 4.69) is 0 Å². The summed E-state index contributed by atoms with van der Waals surface area (Å²) in [5.74, 6) is 0. The van der Waals surface area contributed by atoms with Gasteiger partial charge in [-0.1, -0.05) is 0 Å². The van der Waals surface area contributed by atoms with Crippen molar-refractivity contribution in [2.24, 2.45) is 0 Å². The van der Waals surface area contributed by atoms with Gasteiger partial charge in [-0.3, -0.25) is 0 Å². The molecule has 0 unspecified atom stereocenters. The molecular formula is C36H62O29. The molecule has 65 heavy (non-hydrogen) atoms. The van der Waals surface area contributed by atoms with Crippen LogP contribution >= 0.6 is 0 Å². The lowest BCUT2D eigenvalue weighted by atomic mass is 9.96. The van der Waals surface area contributed by atoms with Crippen molar-refractivity contribution in [3.8, 4) is 0 Å². The Morgan fingerprint density at radius 2 is 0.646 bits per heavy atom. The van der Waals surface area contributed by atoms with E-state index >= 15 is 0 Å². The minimum absolute atomic E-state index is 0.779. The summed E-state index contributed by atoms with van der Waals surface area (Å²) in [6.07, 6.45) is -52.6. The van der Waals surface area contributed by atoms with Crippen molar-refractivity contribution in [1.29, 1.82) is 0 Å². The molecule has 6 rings (SSSR count). The third kappa shape index (κ3) is 10.9. The SMILES string of the molecule is C[C@@H]1O[C@@H](O[C@@H]2[C@@H](O)[C@@H](O)O[C@H](CO)[C@@H]2O)[C@H](O)[C@H](O)[C@H]1O[C@@H]1O[C@H](CO[C@@H]2O[C@H](CO)[C@H](O)[C@H](O[C@@H]3O[C@@H](C)[C@H](O[C@@H]4O[C@H](CO)[C@@H](O)[C@H](O)[C@@H]4O)[C@@H](O)[C@H]3O)[C@H]2O)[C@@H](O)[C@H](O)[C@@H]1O. The first kappa shape index (κ1) is 53.2.